The Labute approximate surface area is 116 Å². The number of thiazole rings is 1. The van der Waals surface area contributed by atoms with E-state index in [0.717, 1.165) is 0 Å². The van der Waals surface area contributed by atoms with Crippen LogP contribution in [0.5, 0.6) is 0 Å². The van der Waals surface area contributed by atoms with Crippen molar-refractivity contribution in [2.45, 2.75) is 13.0 Å². The van der Waals surface area contributed by atoms with E-state index in [2.05, 4.69) is 10.3 Å². The number of aromatic nitrogens is 1. The Morgan fingerprint density at radius 2 is 2.10 bits per heavy atom. The molecule has 0 bridgehead atoms. The van der Waals surface area contributed by atoms with Crippen LogP contribution in [0.25, 0.3) is 0 Å². The van der Waals surface area contributed by atoms with Gasteiger partial charge >= 0.3 is 0 Å². The lowest BCUT2D eigenvalue weighted by Gasteiger charge is -2.05. The minimum absolute atomic E-state index is 0.105. The van der Waals surface area contributed by atoms with Crippen molar-refractivity contribution in [2.75, 3.05) is 5.73 Å². The van der Waals surface area contributed by atoms with Crippen LogP contribution in [-0.4, -0.2) is 10.9 Å². The van der Waals surface area contributed by atoms with Gasteiger partial charge in [0.1, 0.15) is 16.4 Å². The van der Waals surface area contributed by atoms with Gasteiger partial charge in [-0.3, -0.25) is 4.79 Å². The summed E-state index contributed by atoms with van der Waals surface area (Å²) in [5.74, 6) is -1.23. The molecule has 1 amide bonds. The molecule has 0 saturated heterocycles. The van der Waals surface area contributed by atoms with Gasteiger partial charge in [0, 0.05) is 12.1 Å². The predicted octanol–water partition coefficient (Wildman–Crippen LogP) is 2.73. The van der Waals surface area contributed by atoms with Crippen LogP contribution >= 0.6 is 11.3 Å². The van der Waals surface area contributed by atoms with Crippen molar-refractivity contribution >= 4 is 22.4 Å². The van der Waals surface area contributed by atoms with Gasteiger partial charge in [-0.2, -0.15) is 0 Å². The zero-order chi connectivity index (χ0) is 14.7. The molecule has 2 rings (SSSR count). The summed E-state index contributed by atoms with van der Waals surface area (Å²) in [5, 5.41) is 2.25. The van der Waals surface area contributed by atoms with E-state index < -0.39 is 23.8 Å². The van der Waals surface area contributed by atoms with Crippen LogP contribution in [0.4, 0.5) is 18.3 Å². The second-order valence-corrected chi connectivity index (χ2v) is 4.87. The summed E-state index contributed by atoms with van der Waals surface area (Å²) in [5.41, 5.74) is 4.93. The van der Waals surface area contributed by atoms with E-state index in [1.165, 1.54) is 18.2 Å². The monoisotopic (exact) mass is 301 g/mol. The SMILES string of the molecule is Nc1nc(C(F)F)c(C(=O)NCc2ccccc2F)s1. The van der Waals surface area contributed by atoms with Crippen molar-refractivity contribution in [3.8, 4) is 0 Å². The van der Waals surface area contributed by atoms with E-state index in [1.54, 1.807) is 6.07 Å². The van der Waals surface area contributed by atoms with Gasteiger partial charge in [0.05, 0.1) is 0 Å². The maximum Gasteiger partial charge on any atom is 0.282 e. The number of halogens is 3. The lowest BCUT2D eigenvalue weighted by Crippen LogP contribution is -2.23. The molecule has 0 radical (unpaired) electrons. The average molecular weight is 301 g/mol. The molecule has 3 N–H and O–H groups in total. The number of anilines is 1. The topological polar surface area (TPSA) is 68.0 Å². The Hall–Kier alpha value is -2.09. The third kappa shape index (κ3) is 3.08. The minimum atomic E-state index is -2.89. The van der Waals surface area contributed by atoms with E-state index in [1.807, 2.05) is 0 Å². The molecule has 0 aliphatic rings. The van der Waals surface area contributed by atoms with Crippen molar-refractivity contribution in [1.29, 1.82) is 0 Å². The van der Waals surface area contributed by atoms with E-state index in [4.69, 9.17) is 5.73 Å². The number of nitrogens with zero attached hydrogens (tertiary/aromatic N) is 1. The summed E-state index contributed by atoms with van der Waals surface area (Å²) < 4.78 is 38.7. The molecule has 0 spiro atoms. The highest BCUT2D eigenvalue weighted by atomic mass is 32.1. The van der Waals surface area contributed by atoms with Crippen LogP contribution in [0.2, 0.25) is 0 Å². The zero-order valence-electron chi connectivity index (χ0n) is 10.1. The van der Waals surface area contributed by atoms with E-state index in [0.29, 0.717) is 11.3 Å². The number of hydrogen-bond donors (Lipinski definition) is 2. The summed E-state index contributed by atoms with van der Waals surface area (Å²) >= 11 is 0.671. The third-order valence-corrected chi connectivity index (χ3v) is 3.38. The number of alkyl halides is 2. The number of amides is 1. The molecule has 8 heteroatoms. The van der Waals surface area contributed by atoms with Gasteiger partial charge in [-0.1, -0.05) is 29.5 Å². The fraction of sp³-hybridized carbons (Fsp3) is 0.167. The highest BCUT2D eigenvalue weighted by molar-refractivity contribution is 7.17. The van der Waals surface area contributed by atoms with E-state index in [-0.39, 0.29) is 22.1 Å². The minimum Gasteiger partial charge on any atom is -0.375 e. The Balaban J connectivity index is 2.11. The molecule has 0 atom stereocenters. The predicted molar refractivity (Wildman–Crippen MR) is 69.1 cm³/mol. The Kier molecular flexibility index (Phi) is 4.23. The zero-order valence-corrected chi connectivity index (χ0v) is 10.9. The van der Waals surface area contributed by atoms with Gasteiger partial charge in [0.15, 0.2) is 5.13 Å². The van der Waals surface area contributed by atoms with Gasteiger partial charge < -0.3 is 11.1 Å². The first-order chi connectivity index (χ1) is 9.49. The number of nitrogen functional groups attached to an aromatic ring is 1. The van der Waals surface area contributed by atoms with Gasteiger partial charge in [-0.15, -0.1) is 0 Å². The Bertz CT molecular complexity index is 630. The molecular weight excluding hydrogens is 291 g/mol. The van der Waals surface area contributed by atoms with Crippen LogP contribution in [0.3, 0.4) is 0 Å². The van der Waals surface area contributed by atoms with Gasteiger partial charge in [0.2, 0.25) is 0 Å². The second-order valence-electron chi connectivity index (χ2n) is 3.84. The summed E-state index contributed by atoms with van der Waals surface area (Å²) in [4.78, 5) is 15.0. The first-order valence-electron chi connectivity index (χ1n) is 5.55. The Morgan fingerprint density at radius 3 is 2.75 bits per heavy atom. The first kappa shape index (κ1) is 14.3. The third-order valence-electron chi connectivity index (χ3n) is 2.48. The highest BCUT2D eigenvalue weighted by Gasteiger charge is 2.23. The van der Waals surface area contributed by atoms with Crippen LogP contribution in [0.15, 0.2) is 24.3 Å². The molecular formula is C12H10F3N3OS. The number of carbonyl (C=O) groups excluding carboxylic acids is 1. The summed E-state index contributed by atoms with van der Waals surface area (Å²) in [6, 6.07) is 5.86. The maximum atomic E-state index is 13.4. The van der Waals surface area contributed by atoms with Crippen molar-refractivity contribution in [2.24, 2.45) is 0 Å². The number of carbonyl (C=O) groups is 1. The number of rotatable bonds is 4. The standard InChI is InChI=1S/C12H10F3N3OS/c13-7-4-2-1-3-6(7)5-17-11(19)9-8(10(14)15)18-12(16)20-9/h1-4,10H,5H2,(H2,16,18)(H,17,19). The number of hydrogen-bond acceptors (Lipinski definition) is 4. The molecule has 0 fully saturated rings. The molecule has 1 heterocycles. The number of nitrogens with two attached hydrogens (primary N) is 1. The number of nitrogens with one attached hydrogen (secondary N) is 1. The van der Waals surface area contributed by atoms with E-state index in [9.17, 15) is 18.0 Å². The molecule has 0 saturated carbocycles. The summed E-state index contributed by atoms with van der Waals surface area (Å²) in [6.45, 7) is -0.105. The van der Waals surface area contributed by atoms with E-state index >= 15 is 0 Å². The normalized spacial score (nSPS) is 10.8. The molecule has 4 nitrogen and oxygen atoms in total. The lowest BCUT2D eigenvalue weighted by atomic mass is 10.2. The van der Waals surface area contributed by atoms with Crippen molar-refractivity contribution in [3.63, 3.8) is 0 Å². The molecule has 0 unspecified atom stereocenters. The van der Waals surface area contributed by atoms with Crippen molar-refractivity contribution in [1.82, 2.24) is 10.3 Å². The molecule has 1 aromatic heterocycles. The summed E-state index contributed by atoms with van der Waals surface area (Å²) in [6.07, 6.45) is -2.89. The smallest absolute Gasteiger partial charge is 0.282 e. The van der Waals surface area contributed by atoms with Crippen LogP contribution < -0.4 is 11.1 Å². The van der Waals surface area contributed by atoms with Crippen LogP contribution in [0, 0.1) is 5.82 Å². The molecule has 2 aromatic rings. The first-order valence-corrected chi connectivity index (χ1v) is 6.36. The molecule has 106 valence electrons. The quantitative estimate of drug-likeness (QED) is 0.912. The number of benzene rings is 1. The maximum absolute atomic E-state index is 13.4. The molecule has 1 aromatic carbocycles. The van der Waals surface area contributed by atoms with Crippen molar-refractivity contribution in [3.05, 3.63) is 46.2 Å². The second kappa shape index (κ2) is 5.91. The van der Waals surface area contributed by atoms with Gasteiger partial charge in [-0.05, 0) is 6.07 Å². The molecule has 20 heavy (non-hydrogen) atoms. The van der Waals surface area contributed by atoms with Gasteiger partial charge in [0.25, 0.3) is 12.3 Å². The largest absolute Gasteiger partial charge is 0.375 e. The van der Waals surface area contributed by atoms with Crippen molar-refractivity contribution < 1.29 is 18.0 Å². The fourth-order valence-corrected chi connectivity index (χ4v) is 2.31. The highest BCUT2D eigenvalue weighted by Crippen LogP contribution is 2.28. The average Bonchev–Trinajstić information content (AvgIpc) is 2.80. The van der Waals surface area contributed by atoms with Crippen LogP contribution in [-0.2, 0) is 6.54 Å². The van der Waals surface area contributed by atoms with Gasteiger partial charge in [-0.25, -0.2) is 18.2 Å². The molecule has 0 aliphatic heterocycles. The summed E-state index contributed by atoms with van der Waals surface area (Å²) in [7, 11) is 0. The fourth-order valence-electron chi connectivity index (χ4n) is 1.56. The Morgan fingerprint density at radius 1 is 1.40 bits per heavy atom. The van der Waals surface area contributed by atoms with Crippen LogP contribution in [0.1, 0.15) is 27.4 Å². The lowest BCUT2D eigenvalue weighted by molar-refractivity contribution is 0.0940. The molecule has 0 aliphatic carbocycles.